The summed E-state index contributed by atoms with van der Waals surface area (Å²) in [7, 11) is 0. The number of hydrogen-bond acceptors (Lipinski definition) is 5. The van der Waals surface area contributed by atoms with Crippen molar-refractivity contribution in [3.8, 4) is 0 Å². The zero-order valence-electron chi connectivity index (χ0n) is 7.41. The van der Waals surface area contributed by atoms with Crippen LogP contribution in [0.3, 0.4) is 0 Å². The van der Waals surface area contributed by atoms with Gasteiger partial charge in [-0.3, -0.25) is 10.1 Å². The van der Waals surface area contributed by atoms with Gasteiger partial charge in [0.15, 0.2) is 12.4 Å². The fourth-order valence-electron chi connectivity index (χ4n) is 1.06. The molecule has 0 aliphatic carbocycles. The van der Waals surface area contributed by atoms with Crippen molar-refractivity contribution in [3.63, 3.8) is 0 Å². The molecular formula is C6H8N4O4. The molecule has 8 nitrogen and oxygen atoms in total. The highest BCUT2D eigenvalue weighted by molar-refractivity contribution is 5.18. The highest BCUT2D eigenvalue weighted by atomic mass is 16.6. The number of aryl methyl sites for hydroxylation is 1. The molecule has 1 heterocycles. The number of aromatic nitrogens is 2. The minimum Gasteiger partial charge on any atom is -0.358 e. The summed E-state index contributed by atoms with van der Waals surface area (Å²) >= 11 is 0. The molecule has 0 saturated carbocycles. The van der Waals surface area contributed by atoms with E-state index < -0.39 is 9.85 Å². The molecule has 0 atom stereocenters. The van der Waals surface area contributed by atoms with Crippen LogP contribution in [0.1, 0.15) is 5.82 Å². The monoisotopic (exact) mass is 200 g/mol. The van der Waals surface area contributed by atoms with E-state index in [2.05, 4.69) is 4.98 Å². The molecule has 1 aromatic rings. The molecule has 76 valence electrons. The van der Waals surface area contributed by atoms with E-state index in [1.807, 2.05) is 0 Å². The molecule has 0 unspecified atom stereocenters. The third-order valence-corrected chi connectivity index (χ3v) is 1.73. The molecule has 0 aromatic carbocycles. The normalized spacial score (nSPS) is 10.1. The molecule has 0 amide bonds. The quantitative estimate of drug-likeness (QED) is 0.516. The summed E-state index contributed by atoms with van der Waals surface area (Å²) in [5, 5.41) is 20.5. The molecule has 0 bridgehead atoms. The Balaban J connectivity index is 2.88. The van der Waals surface area contributed by atoms with Gasteiger partial charge in [-0.1, -0.05) is 0 Å². The number of nitrogens with zero attached hydrogens (tertiary/aromatic N) is 4. The van der Waals surface area contributed by atoms with E-state index in [-0.39, 0.29) is 18.9 Å². The predicted octanol–water partition coefficient (Wildman–Crippen LogP) is 0.376. The van der Waals surface area contributed by atoms with Crippen LogP contribution in [0.15, 0.2) is 6.20 Å². The molecule has 1 aromatic heterocycles. The van der Waals surface area contributed by atoms with E-state index in [1.165, 1.54) is 4.57 Å². The van der Waals surface area contributed by atoms with E-state index in [9.17, 15) is 20.2 Å². The Morgan fingerprint density at radius 3 is 2.64 bits per heavy atom. The first-order valence-electron chi connectivity index (χ1n) is 3.80. The molecular weight excluding hydrogens is 192 g/mol. The zero-order valence-corrected chi connectivity index (χ0v) is 7.41. The summed E-state index contributed by atoms with van der Waals surface area (Å²) in [5.41, 5.74) is 0. The van der Waals surface area contributed by atoms with Crippen molar-refractivity contribution >= 4 is 5.82 Å². The van der Waals surface area contributed by atoms with Gasteiger partial charge in [0.25, 0.3) is 0 Å². The lowest BCUT2D eigenvalue weighted by molar-refractivity contribution is -0.482. The standard InChI is InChI=1S/C6H8N4O4/c1-5-7-4-6(10(13)14)8(5)2-3-9(11)12/h4H,2-3H2,1H3. The van der Waals surface area contributed by atoms with Crippen LogP contribution < -0.4 is 0 Å². The van der Waals surface area contributed by atoms with Gasteiger partial charge in [-0.25, -0.2) is 9.55 Å². The van der Waals surface area contributed by atoms with Crippen molar-refractivity contribution in [2.75, 3.05) is 6.54 Å². The Kier molecular flexibility index (Phi) is 2.75. The molecule has 0 radical (unpaired) electrons. The summed E-state index contributed by atoms with van der Waals surface area (Å²) in [5.74, 6) is 0.183. The van der Waals surface area contributed by atoms with Gasteiger partial charge < -0.3 is 10.1 Å². The van der Waals surface area contributed by atoms with Crippen LogP contribution in [0.25, 0.3) is 0 Å². The summed E-state index contributed by atoms with van der Waals surface area (Å²) in [6.45, 7) is 1.18. The lowest BCUT2D eigenvalue weighted by Gasteiger charge is -1.98. The van der Waals surface area contributed by atoms with Crippen LogP contribution in [-0.4, -0.2) is 25.9 Å². The van der Waals surface area contributed by atoms with Gasteiger partial charge in [-0.05, 0) is 4.92 Å². The molecule has 8 heteroatoms. The van der Waals surface area contributed by atoms with Gasteiger partial charge in [0.05, 0.1) is 0 Å². The fraction of sp³-hybridized carbons (Fsp3) is 0.500. The van der Waals surface area contributed by atoms with Gasteiger partial charge in [0.1, 0.15) is 6.20 Å². The molecule has 0 spiro atoms. The minimum atomic E-state index is -0.611. The summed E-state index contributed by atoms with van der Waals surface area (Å²) in [6.07, 6.45) is 1.09. The topological polar surface area (TPSA) is 104 Å². The van der Waals surface area contributed by atoms with E-state index in [0.717, 1.165) is 6.20 Å². The second-order valence-electron chi connectivity index (χ2n) is 2.63. The molecule has 0 saturated heterocycles. The van der Waals surface area contributed by atoms with Crippen molar-refractivity contribution < 1.29 is 9.85 Å². The van der Waals surface area contributed by atoms with Crippen molar-refractivity contribution in [1.29, 1.82) is 0 Å². The average Bonchev–Trinajstić information content (AvgIpc) is 2.43. The molecule has 0 N–H and O–H groups in total. The van der Waals surface area contributed by atoms with Gasteiger partial charge in [-0.2, -0.15) is 0 Å². The van der Waals surface area contributed by atoms with Gasteiger partial charge in [0.2, 0.25) is 6.54 Å². The SMILES string of the molecule is Cc1ncc([N+](=O)[O-])n1CC[N+](=O)[O-]. The first kappa shape index (κ1) is 10.1. The van der Waals surface area contributed by atoms with E-state index in [4.69, 9.17) is 0 Å². The first-order chi connectivity index (χ1) is 6.52. The molecule has 0 aliphatic rings. The number of rotatable bonds is 4. The maximum Gasteiger partial charge on any atom is 0.343 e. The molecule has 0 aliphatic heterocycles. The summed E-state index contributed by atoms with van der Waals surface area (Å²) < 4.78 is 1.21. The highest BCUT2D eigenvalue weighted by Gasteiger charge is 2.18. The number of hydrogen-bond donors (Lipinski definition) is 0. The van der Waals surface area contributed by atoms with Gasteiger partial charge >= 0.3 is 5.82 Å². The van der Waals surface area contributed by atoms with E-state index >= 15 is 0 Å². The zero-order chi connectivity index (χ0) is 10.7. The Morgan fingerprint density at radius 2 is 2.14 bits per heavy atom. The molecule has 1 rings (SSSR count). The van der Waals surface area contributed by atoms with Crippen LogP contribution in [0.2, 0.25) is 0 Å². The van der Waals surface area contributed by atoms with Crippen molar-refractivity contribution in [2.24, 2.45) is 0 Å². The molecule has 0 fully saturated rings. The van der Waals surface area contributed by atoms with Crippen molar-refractivity contribution in [1.82, 2.24) is 9.55 Å². The Hall–Kier alpha value is -1.99. The largest absolute Gasteiger partial charge is 0.358 e. The smallest absolute Gasteiger partial charge is 0.343 e. The third kappa shape index (κ3) is 2.03. The van der Waals surface area contributed by atoms with Crippen LogP contribution in [0.4, 0.5) is 5.82 Å². The summed E-state index contributed by atoms with van der Waals surface area (Å²) in [4.78, 5) is 23.1. The second-order valence-corrected chi connectivity index (χ2v) is 2.63. The molecule has 14 heavy (non-hydrogen) atoms. The van der Waals surface area contributed by atoms with Crippen LogP contribution >= 0.6 is 0 Å². The Morgan fingerprint density at radius 1 is 1.50 bits per heavy atom. The fourth-order valence-corrected chi connectivity index (χ4v) is 1.06. The Labute approximate surface area is 78.5 Å². The van der Waals surface area contributed by atoms with Gasteiger partial charge in [-0.15, -0.1) is 0 Å². The minimum absolute atomic E-state index is 0.0326. The van der Waals surface area contributed by atoms with Crippen molar-refractivity contribution in [3.05, 3.63) is 32.2 Å². The predicted molar refractivity (Wildman–Crippen MR) is 45.5 cm³/mol. The maximum absolute atomic E-state index is 10.5. The van der Waals surface area contributed by atoms with Crippen molar-refractivity contribution in [2.45, 2.75) is 13.5 Å². The van der Waals surface area contributed by atoms with Crippen LogP contribution in [-0.2, 0) is 6.54 Å². The van der Waals surface area contributed by atoms with E-state index in [1.54, 1.807) is 6.92 Å². The average molecular weight is 200 g/mol. The third-order valence-electron chi connectivity index (χ3n) is 1.73. The Bertz CT molecular complexity index is 372. The van der Waals surface area contributed by atoms with Crippen LogP contribution in [0, 0.1) is 27.2 Å². The summed E-state index contributed by atoms with van der Waals surface area (Å²) in [6, 6.07) is 0. The lowest BCUT2D eigenvalue weighted by atomic mass is 10.5. The second kappa shape index (κ2) is 3.81. The first-order valence-corrected chi connectivity index (χ1v) is 3.80. The van der Waals surface area contributed by atoms with Crippen LogP contribution in [0.5, 0.6) is 0 Å². The number of imidazole rings is 1. The lowest BCUT2D eigenvalue weighted by Crippen LogP contribution is -2.13. The number of nitro groups is 2. The highest BCUT2D eigenvalue weighted by Crippen LogP contribution is 2.12. The van der Waals surface area contributed by atoms with Gasteiger partial charge in [0, 0.05) is 11.8 Å². The van der Waals surface area contributed by atoms with E-state index in [0.29, 0.717) is 5.82 Å². The maximum atomic E-state index is 10.5.